The fourth-order valence-corrected chi connectivity index (χ4v) is 5.15. The van der Waals surface area contributed by atoms with Crippen molar-refractivity contribution in [2.75, 3.05) is 13.1 Å². The monoisotopic (exact) mass is 352 g/mol. The Morgan fingerprint density at radius 2 is 2.10 bits per heavy atom. The van der Waals surface area contributed by atoms with Gasteiger partial charge in [0.05, 0.1) is 5.02 Å². The van der Waals surface area contributed by atoms with Crippen molar-refractivity contribution < 1.29 is 8.42 Å². The Morgan fingerprint density at radius 3 is 2.67 bits per heavy atom. The molecule has 1 heterocycles. The Bertz CT molecular complexity index is 593. The number of halogens is 2. The summed E-state index contributed by atoms with van der Waals surface area (Å²) in [5, 5.41) is 0.277. The molecule has 0 spiro atoms. The molecule has 1 aliphatic heterocycles. The number of nitrogens with zero attached hydrogens (tertiary/aromatic N) is 1. The molecule has 0 saturated carbocycles. The molecule has 0 amide bonds. The molecule has 2 atom stereocenters. The third kappa shape index (κ3) is 3.71. The first kappa shape index (κ1) is 18.7. The standard InChI is InChI=1S/C14H21ClN2O2S.ClH/c1-10-5-6-14(12(15)8-10)20(18,19)17-7-3-4-11(2)13(17)9-16;/h5-6,8,11,13H,3-4,7,9,16H2,1-2H3;1H. The van der Waals surface area contributed by atoms with E-state index in [1.807, 2.05) is 6.92 Å². The van der Waals surface area contributed by atoms with Gasteiger partial charge in [0, 0.05) is 19.1 Å². The van der Waals surface area contributed by atoms with Gasteiger partial charge in [-0.1, -0.05) is 24.6 Å². The maximum atomic E-state index is 12.8. The number of nitrogens with two attached hydrogens (primary N) is 1. The molecule has 0 radical (unpaired) electrons. The Balaban J connectivity index is 0.00000220. The van der Waals surface area contributed by atoms with Crippen LogP contribution in [0.2, 0.25) is 5.02 Å². The van der Waals surface area contributed by atoms with Crippen molar-refractivity contribution in [3.63, 3.8) is 0 Å². The smallest absolute Gasteiger partial charge is 0.244 e. The number of benzene rings is 1. The van der Waals surface area contributed by atoms with Gasteiger partial charge in [-0.15, -0.1) is 12.4 Å². The van der Waals surface area contributed by atoms with Gasteiger partial charge in [-0.2, -0.15) is 4.31 Å². The molecule has 21 heavy (non-hydrogen) atoms. The predicted octanol–water partition coefficient (Wildman–Crippen LogP) is 2.82. The summed E-state index contributed by atoms with van der Waals surface area (Å²) in [6.45, 7) is 4.78. The third-order valence-electron chi connectivity index (χ3n) is 3.98. The normalized spacial score (nSPS) is 23.6. The fraction of sp³-hybridized carbons (Fsp3) is 0.571. The fourth-order valence-electron chi connectivity index (χ4n) is 2.80. The third-order valence-corrected chi connectivity index (χ3v) is 6.39. The highest BCUT2D eigenvalue weighted by atomic mass is 35.5. The summed E-state index contributed by atoms with van der Waals surface area (Å²) in [6, 6.07) is 4.88. The van der Waals surface area contributed by atoms with Crippen LogP contribution in [0.25, 0.3) is 0 Å². The van der Waals surface area contributed by atoms with Gasteiger partial charge < -0.3 is 5.73 Å². The topological polar surface area (TPSA) is 63.4 Å². The van der Waals surface area contributed by atoms with Crippen LogP contribution in [0.5, 0.6) is 0 Å². The van der Waals surface area contributed by atoms with Crippen LogP contribution in [-0.4, -0.2) is 31.9 Å². The molecule has 1 saturated heterocycles. The number of hydrogen-bond acceptors (Lipinski definition) is 3. The maximum Gasteiger partial charge on any atom is 0.244 e. The summed E-state index contributed by atoms with van der Waals surface area (Å²) >= 11 is 6.12. The van der Waals surface area contributed by atoms with Gasteiger partial charge in [-0.3, -0.25) is 0 Å². The van der Waals surface area contributed by atoms with Gasteiger partial charge in [0.25, 0.3) is 0 Å². The van der Waals surface area contributed by atoms with Crippen LogP contribution in [0.4, 0.5) is 0 Å². The largest absolute Gasteiger partial charge is 0.329 e. The molecule has 4 nitrogen and oxygen atoms in total. The van der Waals surface area contributed by atoms with Crippen molar-refractivity contribution in [2.24, 2.45) is 11.7 Å². The summed E-state index contributed by atoms with van der Waals surface area (Å²) in [5.74, 6) is 0.271. The second-order valence-electron chi connectivity index (χ2n) is 5.47. The minimum atomic E-state index is -3.58. The molecule has 2 rings (SSSR count). The molecule has 0 bridgehead atoms. The highest BCUT2D eigenvalue weighted by molar-refractivity contribution is 7.89. The van der Waals surface area contributed by atoms with Crippen molar-refractivity contribution in [3.8, 4) is 0 Å². The molecular formula is C14H22Cl2N2O2S. The maximum absolute atomic E-state index is 12.8. The van der Waals surface area contributed by atoms with Gasteiger partial charge in [-0.25, -0.2) is 8.42 Å². The number of aryl methyl sites for hydroxylation is 1. The summed E-state index contributed by atoms with van der Waals surface area (Å²) < 4.78 is 27.2. The Labute approximate surface area is 138 Å². The van der Waals surface area contributed by atoms with Crippen molar-refractivity contribution in [1.29, 1.82) is 0 Å². The first-order chi connectivity index (χ1) is 9.37. The molecule has 0 aromatic heterocycles. The minimum Gasteiger partial charge on any atom is -0.329 e. The minimum absolute atomic E-state index is 0. The molecule has 7 heteroatoms. The lowest BCUT2D eigenvalue weighted by Gasteiger charge is -2.38. The average molecular weight is 353 g/mol. The zero-order chi connectivity index (χ0) is 14.9. The highest BCUT2D eigenvalue weighted by Crippen LogP contribution is 2.31. The van der Waals surface area contributed by atoms with Gasteiger partial charge >= 0.3 is 0 Å². The van der Waals surface area contributed by atoms with Gasteiger partial charge in [0.15, 0.2) is 0 Å². The van der Waals surface area contributed by atoms with Crippen molar-refractivity contribution in [2.45, 2.75) is 37.6 Å². The second kappa shape index (κ2) is 7.29. The summed E-state index contributed by atoms with van der Waals surface area (Å²) in [7, 11) is -3.58. The number of hydrogen-bond donors (Lipinski definition) is 1. The van der Waals surface area contributed by atoms with Crippen molar-refractivity contribution >= 4 is 34.0 Å². The van der Waals surface area contributed by atoms with Crippen LogP contribution in [0.3, 0.4) is 0 Å². The first-order valence-electron chi connectivity index (χ1n) is 6.86. The van der Waals surface area contributed by atoms with E-state index in [-0.39, 0.29) is 34.3 Å². The molecular weight excluding hydrogens is 331 g/mol. The molecule has 2 N–H and O–H groups in total. The van der Waals surface area contributed by atoms with E-state index in [4.69, 9.17) is 17.3 Å². The van der Waals surface area contributed by atoms with Crippen LogP contribution in [0.15, 0.2) is 23.1 Å². The molecule has 1 aromatic rings. The number of sulfonamides is 1. The molecule has 1 aliphatic rings. The summed E-state index contributed by atoms with van der Waals surface area (Å²) in [5.41, 5.74) is 6.72. The summed E-state index contributed by atoms with van der Waals surface area (Å²) in [4.78, 5) is 0.178. The molecule has 2 unspecified atom stereocenters. The van der Waals surface area contributed by atoms with E-state index in [1.165, 1.54) is 4.31 Å². The van der Waals surface area contributed by atoms with E-state index < -0.39 is 10.0 Å². The predicted molar refractivity (Wildman–Crippen MR) is 88.6 cm³/mol. The van der Waals surface area contributed by atoms with Crippen LogP contribution in [-0.2, 0) is 10.0 Å². The van der Waals surface area contributed by atoms with E-state index >= 15 is 0 Å². The van der Waals surface area contributed by atoms with Gasteiger partial charge in [-0.05, 0) is 43.4 Å². The lowest BCUT2D eigenvalue weighted by atomic mass is 9.93. The van der Waals surface area contributed by atoms with Crippen LogP contribution >= 0.6 is 24.0 Å². The van der Waals surface area contributed by atoms with Crippen molar-refractivity contribution in [3.05, 3.63) is 28.8 Å². The highest BCUT2D eigenvalue weighted by Gasteiger charge is 2.37. The van der Waals surface area contributed by atoms with E-state index in [2.05, 4.69) is 6.92 Å². The Morgan fingerprint density at radius 1 is 1.43 bits per heavy atom. The second-order valence-corrected chi connectivity index (χ2v) is 7.74. The van der Waals surface area contributed by atoms with Gasteiger partial charge in [0.1, 0.15) is 4.90 Å². The van der Waals surface area contributed by atoms with Crippen LogP contribution in [0.1, 0.15) is 25.3 Å². The molecule has 0 aliphatic carbocycles. The number of rotatable bonds is 3. The van der Waals surface area contributed by atoms with E-state index in [1.54, 1.807) is 18.2 Å². The Kier molecular flexibility index (Phi) is 6.50. The van der Waals surface area contributed by atoms with Crippen LogP contribution < -0.4 is 5.73 Å². The molecule has 1 aromatic carbocycles. The molecule has 120 valence electrons. The Hall–Kier alpha value is -0.330. The van der Waals surface area contributed by atoms with Gasteiger partial charge in [0.2, 0.25) is 10.0 Å². The number of piperidine rings is 1. The van der Waals surface area contributed by atoms with E-state index in [0.717, 1.165) is 18.4 Å². The zero-order valence-corrected chi connectivity index (χ0v) is 14.6. The quantitative estimate of drug-likeness (QED) is 0.909. The van der Waals surface area contributed by atoms with E-state index in [9.17, 15) is 8.42 Å². The summed E-state index contributed by atoms with van der Waals surface area (Å²) in [6.07, 6.45) is 1.87. The molecule has 1 fully saturated rings. The average Bonchev–Trinajstić information content (AvgIpc) is 2.37. The SMILES string of the molecule is Cc1ccc(S(=O)(=O)N2CCCC(C)C2CN)c(Cl)c1.Cl. The van der Waals surface area contributed by atoms with Crippen LogP contribution in [0, 0.1) is 12.8 Å². The lowest BCUT2D eigenvalue weighted by molar-refractivity contribution is 0.192. The lowest BCUT2D eigenvalue weighted by Crippen LogP contribution is -2.51. The van der Waals surface area contributed by atoms with Crippen molar-refractivity contribution in [1.82, 2.24) is 4.31 Å². The van der Waals surface area contributed by atoms with E-state index in [0.29, 0.717) is 13.1 Å². The first-order valence-corrected chi connectivity index (χ1v) is 8.67. The zero-order valence-electron chi connectivity index (χ0n) is 12.3.